The number of amides is 1. The van der Waals surface area contributed by atoms with Crippen LogP contribution in [-0.2, 0) is 0 Å². The zero-order chi connectivity index (χ0) is 15.3. The van der Waals surface area contributed by atoms with E-state index in [9.17, 15) is 14.9 Å². The normalized spacial score (nSPS) is 10.7. The fourth-order valence-corrected chi connectivity index (χ4v) is 1.89. The maximum atomic E-state index is 12.4. The third-order valence-electron chi connectivity index (χ3n) is 2.72. The van der Waals surface area contributed by atoms with Crippen molar-refractivity contribution in [1.29, 1.82) is 0 Å². The number of nitro groups is 1. The van der Waals surface area contributed by atoms with Crippen LogP contribution in [0, 0.1) is 10.1 Å². The number of rotatable bonds is 6. The number of hydrogen-bond donors (Lipinski definition) is 1. The van der Waals surface area contributed by atoms with Crippen LogP contribution in [0.3, 0.4) is 0 Å². The molecule has 0 aliphatic heterocycles. The summed E-state index contributed by atoms with van der Waals surface area (Å²) in [4.78, 5) is 27.8. The Morgan fingerprint density at radius 3 is 2.75 bits per heavy atom. The molecule has 0 atom stereocenters. The molecule has 1 aromatic heterocycles. The molecule has 1 amide bonds. The van der Waals surface area contributed by atoms with Gasteiger partial charge < -0.3 is 10.0 Å². The summed E-state index contributed by atoms with van der Waals surface area (Å²) in [6.45, 7) is 3.84. The number of aromatic nitrogens is 1. The van der Waals surface area contributed by atoms with Crippen LogP contribution in [-0.4, -0.2) is 45.0 Å². The van der Waals surface area contributed by atoms with Gasteiger partial charge in [0.15, 0.2) is 0 Å². The molecular formula is C12H16ClN3O4. The standard InChI is InChI=1S/C12H16ClN3O4/c1-8(2)15(4-3-5-17)12(18)9-6-11(13)14-7-10(9)16(19)20/h6-8,17H,3-5H2,1-2H3. The molecule has 20 heavy (non-hydrogen) atoms. The Hall–Kier alpha value is -1.73. The summed E-state index contributed by atoms with van der Waals surface area (Å²) in [6, 6.07) is 1.04. The van der Waals surface area contributed by atoms with Gasteiger partial charge in [0.25, 0.3) is 11.6 Å². The highest BCUT2D eigenvalue weighted by Gasteiger charge is 2.26. The minimum atomic E-state index is -0.666. The fraction of sp³-hybridized carbons (Fsp3) is 0.500. The Labute approximate surface area is 121 Å². The molecule has 0 aromatic carbocycles. The lowest BCUT2D eigenvalue weighted by molar-refractivity contribution is -0.385. The van der Waals surface area contributed by atoms with E-state index >= 15 is 0 Å². The van der Waals surface area contributed by atoms with E-state index in [0.29, 0.717) is 13.0 Å². The lowest BCUT2D eigenvalue weighted by atomic mass is 10.1. The van der Waals surface area contributed by atoms with Crippen LogP contribution in [0.25, 0.3) is 0 Å². The van der Waals surface area contributed by atoms with Gasteiger partial charge in [0.1, 0.15) is 16.9 Å². The van der Waals surface area contributed by atoms with Crippen LogP contribution in [0.5, 0.6) is 0 Å². The minimum Gasteiger partial charge on any atom is -0.396 e. The van der Waals surface area contributed by atoms with Crippen LogP contribution in [0.15, 0.2) is 12.3 Å². The van der Waals surface area contributed by atoms with E-state index < -0.39 is 10.8 Å². The number of aliphatic hydroxyl groups is 1. The summed E-state index contributed by atoms with van der Waals surface area (Å²) >= 11 is 5.71. The molecule has 0 radical (unpaired) electrons. The van der Waals surface area contributed by atoms with Gasteiger partial charge in [-0.05, 0) is 26.3 Å². The highest BCUT2D eigenvalue weighted by molar-refractivity contribution is 6.29. The van der Waals surface area contributed by atoms with Gasteiger partial charge in [-0.25, -0.2) is 4.98 Å². The molecule has 8 heteroatoms. The van der Waals surface area contributed by atoms with Crippen molar-refractivity contribution in [3.63, 3.8) is 0 Å². The third kappa shape index (κ3) is 3.88. The molecule has 0 unspecified atom stereocenters. The molecule has 1 heterocycles. The predicted molar refractivity (Wildman–Crippen MR) is 73.8 cm³/mol. The van der Waals surface area contributed by atoms with Crippen LogP contribution >= 0.6 is 11.6 Å². The molecule has 7 nitrogen and oxygen atoms in total. The lowest BCUT2D eigenvalue weighted by Gasteiger charge is -2.26. The molecule has 1 aromatic rings. The van der Waals surface area contributed by atoms with Gasteiger partial charge in [0.05, 0.1) is 4.92 Å². The van der Waals surface area contributed by atoms with Crippen molar-refractivity contribution >= 4 is 23.2 Å². The quantitative estimate of drug-likeness (QED) is 0.491. The van der Waals surface area contributed by atoms with Crippen LogP contribution < -0.4 is 0 Å². The van der Waals surface area contributed by atoms with E-state index in [1.807, 2.05) is 0 Å². The van der Waals surface area contributed by atoms with Gasteiger partial charge in [-0.3, -0.25) is 14.9 Å². The number of halogens is 1. The van der Waals surface area contributed by atoms with Crippen LogP contribution in [0.1, 0.15) is 30.6 Å². The maximum absolute atomic E-state index is 12.4. The van der Waals surface area contributed by atoms with Gasteiger partial charge in [-0.1, -0.05) is 11.6 Å². The second-order valence-corrected chi connectivity index (χ2v) is 4.84. The fourth-order valence-electron chi connectivity index (χ4n) is 1.73. The lowest BCUT2D eigenvalue weighted by Crippen LogP contribution is -2.38. The smallest absolute Gasteiger partial charge is 0.300 e. The first-order valence-electron chi connectivity index (χ1n) is 6.10. The van der Waals surface area contributed by atoms with Gasteiger partial charge in [-0.15, -0.1) is 0 Å². The Bertz CT molecular complexity index is 507. The molecule has 0 saturated carbocycles. The second-order valence-electron chi connectivity index (χ2n) is 4.45. The van der Waals surface area contributed by atoms with Crippen molar-refractivity contribution in [3.05, 3.63) is 33.1 Å². The first-order chi connectivity index (χ1) is 9.38. The van der Waals surface area contributed by atoms with Gasteiger partial charge >= 0.3 is 0 Å². The Balaban J connectivity index is 3.16. The minimum absolute atomic E-state index is 0.0183. The summed E-state index contributed by atoms with van der Waals surface area (Å²) in [5, 5.41) is 19.8. The monoisotopic (exact) mass is 301 g/mol. The second kappa shape index (κ2) is 7.16. The summed E-state index contributed by atoms with van der Waals surface area (Å²) in [6.07, 6.45) is 1.37. The molecule has 0 aliphatic rings. The van der Waals surface area contributed by atoms with Crippen LogP contribution in [0.2, 0.25) is 5.15 Å². The number of nitrogens with zero attached hydrogens (tertiary/aromatic N) is 3. The van der Waals surface area contributed by atoms with E-state index in [-0.39, 0.29) is 29.1 Å². The first kappa shape index (κ1) is 16.3. The Morgan fingerprint density at radius 1 is 1.60 bits per heavy atom. The number of hydrogen-bond acceptors (Lipinski definition) is 5. The zero-order valence-corrected chi connectivity index (χ0v) is 12.0. The average Bonchev–Trinajstić information content (AvgIpc) is 2.38. The van der Waals surface area contributed by atoms with Crippen molar-refractivity contribution in [2.75, 3.05) is 13.2 Å². The molecule has 0 bridgehead atoms. The molecule has 110 valence electrons. The van der Waals surface area contributed by atoms with Crippen molar-refractivity contribution in [3.8, 4) is 0 Å². The van der Waals surface area contributed by atoms with Gasteiger partial charge in [-0.2, -0.15) is 0 Å². The average molecular weight is 302 g/mol. The highest BCUT2D eigenvalue weighted by Crippen LogP contribution is 2.23. The molecule has 0 fully saturated rings. The largest absolute Gasteiger partial charge is 0.396 e. The van der Waals surface area contributed by atoms with E-state index in [1.165, 1.54) is 11.0 Å². The Kier molecular flexibility index (Phi) is 5.84. The molecule has 0 spiro atoms. The topological polar surface area (TPSA) is 96.6 Å². The summed E-state index contributed by atoms with van der Waals surface area (Å²) in [5.41, 5.74) is -0.476. The van der Waals surface area contributed by atoms with Gasteiger partial charge in [0.2, 0.25) is 0 Å². The maximum Gasteiger partial charge on any atom is 0.300 e. The van der Waals surface area contributed by atoms with Crippen molar-refractivity contribution in [2.45, 2.75) is 26.3 Å². The summed E-state index contributed by atoms with van der Waals surface area (Å²) in [5.74, 6) is -0.496. The van der Waals surface area contributed by atoms with Crippen molar-refractivity contribution in [2.24, 2.45) is 0 Å². The van der Waals surface area contributed by atoms with E-state index in [1.54, 1.807) is 13.8 Å². The van der Waals surface area contributed by atoms with E-state index in [4.69, 9.17) is 16.7 Å². The first-order valence-corrected chi connectivity index (χ1v) is 6.48. The molecule has 0 aliphatic carbocycles. The Morgan fingerprint density at radius 2 is 2.25 bits per heavy atom. The number of pyridine rings is 1. The van der Waals surface area contributed by atoms with Crippen molar-refractivity contribution in [1.82, 2.24) is 9.88 Å². The third-order valence-corrected chi connectivity index (χ3v) is 2.92. The predicted octanol–water partition coefficient (Wildman–Crippen LogP) is 1.88. The van der Waals surface area contributed by atoms with Crippen LogP contribution in [0.4, 0.5) is 5.69 Å². The van der Waals surface area contributed by atoms with Gasteiger partial charge in [0, 0.05) is 19.2 Å². The summed E-state index contributed by atoms with van der Waals surface area (Å²) in [7, 11) is 0. The highest BCUT2D eigenvalue weighted by atomic mass is 35.5. The molecule has 1 N–H and O–H groups in total. The number of carbonyl (C=O) groups excluding carboxylic acids is 1. The number of carbonyl (C=O) groups is 1. The van der Waals surface area contributed by atoms with E-state index in [0.717, 1.165) is 6.20 Å². The van der Waals surface area contributed by atoms with E-state index in [2.05, 4.69) is 4.98 Å². The van der Waals surface area contributed by atoms with Crippen molar-refractivity contribution < 1.29 is 14.8 Å². The zero-order valence-electron chi connectivity index (χ0n) is 11.2. The summed E-state index contributed by atoms with van der Waals surface area (Å²) < 4.78 is 0. The molecular weight excluding hydrogens is 286 g/mol. The molecule has 0 saturated heterocycles. The molecule has 1 rings (SSSR count). The SMILES string of the molecule is CC(C)N(CCCO)C(=O)c1cc(Cl)ncc1[N+](=O)[O-]. The number of aliphatic hydroxyl groups excluding tert-OH is 1.